The number of thioether (sulfide) groups is 1. The van der Waals surface area contributed by atoms with Gasteiger partial charge in [0.1, 0.15) is 18.1 Å². The number of hydrogen-bond donors (Lipinski definition) is 0. The fourth-order valence-electron chi connectivity index (χ4n) is 1.90. The third-order valence-electron chi connectivity index (χ3n) is 2.82. The summed E-state index contributed by atoms with van der Waals surface area (Å²) in [5, 5.41) is 0. The highest BCUT2D eigenvalue weighted by molar-refractivity contribution is 7.99. The van der Waals surface area contributed by atoms with E-state index in [1.807, 2.05) is 48.3 Å². The maximum absolute atomic E-state index is 5.27. The summed E-state index contributed by atoms with van der Waals surface area (Å²) < 4.78 is 5.27. The number of pyridine rings is 2. The zero-order valence-corrected chi connectivity index (χ0v) is 11.7. The van der Waals surface area contributed by atoms with Crippen molar-refractivity contribution in [2.75, 3.05) is 12.4 Å². The molecule has 0 spiro atoms. The van der Waals surface area contributed by atoms with E-state index in [2.05, 4.69) is 28.2 Å². The highest BCUT2D eigenvalue weighted by Crippen LogP contribution is 2.25. The smallest absolute Gasteiger partial charge is 0.145 e. The lowest BCUT2D eigenvalue weighted by molar-refractivity contribution is 0.356. The lowest BCUT2D eigenvalue weighted by Gasteiger charge is -2.09. The first-order chi connectivity index (χ1) is 9.93. The van der Waals surface area contributed by atoms with Gasteiger partial charge in [0.15, 0.2) is 0 Å². The number of fused-ring (bicyclic) bond motifs is 2. The Morgan fingerprint density at radius 1 is 0.950 bits per heavy atom. The average Bonchev–Trinajstić information content (AvgIpc) is 2.56. The van der Waals surface area contributed by atoms with Gasteiger partial charge in [-0.05, 0) is 42.5 Å². The summed E-state index contributed by atoms with van der Waals surface area (Å²) in [7, 11) is 0. The van der Waals surface area contributed by atoms with E-state index in [1.54, 1.807) is 6.20 Å². The molecule has 4 heteroatoms. The van der Waals surface area contributed by atoms with Crippen molar-refractivity contribution >= 4 is 23.9 Å². The van der Waals surface area contributed by atoms with Crippen LogP contribution in [0.4, 0.5) is 0 Å². The summed E-state index contributed by atoms with van der Waals surface area (Å²) in [6.45, 7) is 0.665. The molecule has 4 heterocycles. The Bertz CT molecular complexity index is 595. The molecular weight excluding hydrogens is 268 g/mol. The molecular formula is C16H14N2OS. The molecule has 0 N–H and O–H groups in total. The molecule has 0 atom stereocenters. The van der Waals surface area contributed by atoms with E-state index in [1.165, 1.54) is 4.90 Å². The molecule has 0 unspecified atom stereocenters. The minimum atomic E-state index is 0.665. The van der Waals surface area contributed by atoms with E-state index in [-0.39, 0.29) is 0 Å². The molecule has 0 fully saturated rings. The van der Waals surface area contributed by atoms with Crippen molar-refractivity contribution in [3.63, 3.8) is 0 Å². The Labute approximate surface area is 122 Å². The highest BCUT2D eigenvalue weighted by Gasteiger charge is 2.03. The van der Waals surface area contributed by atoms with Gasteiger partial charge in [-0.25, -0.2) is 0 Å². The maximum Gasteiger partial charge on any atom is 0.145 e. The van der Waals surface area contributed by atoms with Crippen LogP contribution in [0.1, 0.15) is 11.4 Å². The van der Waals surface area contributed by atoms with Crippen LogP contribution >= 0.6 is 11.8 Å². The van der Waals surface area contributed by atoms with Crippen LogP contribution in [0.25, 0.3) is 12.2 Å². The first kappa shape index (κ1) is 12.9. The molecule has 0 amide bonds. The lowest BCUT2D eigenvalue weighted by atomic mass is 10.3. The number of ether oxygens (including phenoxy) is 1. The van der Waals surface area contributed by atoms with Crippen molar-refractivity contribution in [3.05, 3.63) is 60.2 Å². The van der Waals surface area contributed by atoms with Crippen LogP contribution in [0, 0.1) is 0 Å². The van der Waals surface area contributed by atoms with Crippen LogP contribution in [0.2, 0.25) is 0 Å². The zero-order chi connectivity index (χ0) is 13.6. The van der Waals surface area contributed by atoms with Gasteiger partial charge in [0.2, 0.25) is 0 Å². The third kappa shape index (κ3) is 3.08. The summed E-state index contributed by atoms with van der Waals surface area (Å²) in [4.78, 5) is 9.62. The number of nitrogens with zero attached hydrogens (tertiary/aromatic N) is 2. The molecule has 0 saturated heterocycles. The number of rotatable bonds is 0. The second kappa shape index (κ2) is 6.39. The minimum Gasteiger partial charge on any atom is -0.487 e. The Hall–Kier alpha value is -2.07. The molecule has 0 radical (unpaired) electrons. The van der Waals surface area contributed by atoms with E-state index < -0.39 is 0 Å². The van der Waals surface area contributed by atoms with Crippen LogP contribution in [-0.2, 0) is 0 Å². The maximum atomic E-state index is 5.27. The van der Waals surface area contributed by atoms with Crippen molar-refractivity contribution < 1.29 is 4.74 Å². The first-order valence-corrected chi connectivity index (χ1v) is 7.41. The fraction of sp³-hybridized carbons (Fsp3) is 0.125. The van der Waals surface area contributed by atoms with E-state index in [4.69, 9.17) is 4.74 Å². The Kier molecular flexibility index (Phi) is 4.13. The SMILES string of the molecule is C1=Cc2ncccc2OC1.C1=Cc2ncccc2SC1. The predicted octanol–water partition coefficient (Wildman–Crippen LogP) is 3.69. The summed E-state index contributed by atoms with van der Waals surface area (Å²) >= 11 is 1.84. The molecule has 0 bridgehead atoms. The Balaban J connectivity index is 0.000000121. The predicted molar refractivity (Wildman–Crippen MR) is 82.8 cm³/mol. The second-order valence-corrected chi connectivity index (χ2v) is 5.26. The van der Waals surface area contributed by atoms with Crippen molar-refractivity contribution in [3.8, 4) is 5.75 Å². The average molecular weight is 282 g/mol. The lowest BCUT2D eigenvalue weighted by Crippen LogP contribution is -2.00. The monoisotopic (exact) mass is 282 g/mol. The largest absolute Gasteiger partial charge is 0.487 e. The molecule has 2 aliphatic rings. The van der Waals surface area contributed by atoms with Crippen LogP contribution < -0.4 is 4.74 Å². The van der Waals surface area contributed by atoms with Gasteiger partial charge in [-0.1, -0.05) is 6.08 Å². The third-order valence-corrected chi connectivity index (χ3v) is 3.84. The standard InChI is InChI=1S/C8H7NO.C8H7NS/c2*1-4-8-7(9-5-1)3-2-6-10-8/h2*1-5H,6H2. The van der Waals surface area contributed by atoms with Gasteiger partial charge in [0.05, 0.1) is 5.69 Å². The molecule has 2 aromatic heterocycles. The molecule has 2 aromatic rings. The van der Waals surface area contributed by atoms with Gasteiger partial charge in [0.25, 0.3) is 0 Å². The van der Waals surface area contributed by atoms with Gasteiger partial charge in [-0.3, -0.25) is 9.97 Å². The summed E-state index contributed by atoms with van der Waals surface area (Å²) in [5.74, 6) is 1.96. The topological polar surface area (TPSA) is 35.0 Å². The number of hydrogen-bond acceptors (Lipinski definition) is 4. The van der Waals surface area contributed by atoms with Crippen molar-refractivity contribution in [1.82, 2.24) is 9.97 Å². The van der Waals surface area contributed by atoms with E-state index in [9.17, 15) is 0 Å². The van der Waals surface area contributed by atoms with Crippen LogP contribution in [-0.4, -0.2) is 22.3 Å². The molecule has 0 saturated carbocycles. The normalized spacial score (nSPS) is 14.4. The first-order valence-electron chi connectivity index (χ1n) is 6.42. The van der Waals surface area contributed by atoms with Crippen molar-refractivity contribution in [2.45, 2.75) is 4.90 Å². The molecule has 4 rings (SSSR count). The molecule has 100 valence electrons. The highest BCUT2D eigenvalue weighted by atomic mass is 32.2. The Morgan fingerprint density at radius 3 is 2.60 bits per heavy atom. The molecule has 20 heavy (non-hydrogen) atoms. The van der Waals surface area contributed by atoms with Gasteiger partial charge >= 0.3 is 0 Å². The van der Waals surface area contributed by atoms with Gasteiger partial charge in [-0.2, -0.15) is 0 Å². The Morgan fingerprint density at radius 2 is 1.75 bits per heavy atom. The molecule has 0 aromatic carbocycles. The molecule has 3 nitrogen and oxygen atoms in total. The van der Waals surface area contributed by atoms with Crippen molar-refractivity contribution in [2.24, 2.45) is 0 Å². The quantitative estimate of drug-likeness (QED) is 0.738. The molecule has 0 aliphatic carbocycles. The molecule has 2 aliphatic heterocycles. The van der Waals surface area contributed by atoms with Crippen molar-refractivity contribution in [1.29, 1.82) is 0 Å². The summed E-state index contributed by atoms with van der Waals surface area (Å²) in [5.41, 5.74) is 2.03. The van der Waals surface area contributed by atoms with Gasteiger partial charge in [0, 0.05) is 23.0 Å². The summed E-state index contributed by atoms with van der Waals surface area (Å²) in [6, 6.07) is 7.88. The van der Waals surface area contributed by atoms with Crippen LogP contribution in [0.5, 0.6) is 5.75 Å². The minimum absolute atomic E-state index is 0.665. The van der Waals surface area contributed by atoms with Crippen LogP contribution in [0.15, 0.2) is 53.7 Å². The van der Waals surface area contributed by atoms with Crippen LogP contribution in [0.3, 0.4) is 0 Å². The van der Waals surface area contributed by atoms with E-state index in [0.29, 0.717) is 6.61 Å². The van der Waals surface area contributed by atoms with E-state index in [0.717, 1.165) is 22.9 Å². The van der Waals surface area contributed by atoms with E-state index >= 15 is 0 Å². The van der Waals surface area contributed by atoms with Gasteiger partial charge < -0.3 is 4.74 Å². The number of aromatic nitrogens is 2. The summed E-state index contributed by atoms with van der Waals surface area (Å²) in [6.07, 6.45) is 11.7. The fourth-order valence-corrected chi connectivity index (χ4v) is 2.71. The zero-order valence-electron chi connectivity index (χ0n) is 10.9. The second-order valence-electron chi connectivity index (χ2n) is 4.20. The van der Waals surface area contributed by atoms with Gasteiger partial charge in [-0.15, -0.1) is 11.8 Å².